The molecule has 0 unspecified atom stereocenters. The number of benzene rings is 1. The second-order valence-electron chi connectivity index (χ2n) is 4.10. The van der Waals surface area contributed by atoms with Gasteiger partial charge in [0.1, 0.15) is 0 Å². The van der Waals surface area contributed by atoms with Crippen LogP contribution >= 0.6 is 0 Å². The number of rotatable bonds is 3. The SMILES string of the molecule is CC(C)C(=O)N(C)Cc1ccc(F)c(F)c1. The fraction of sp³-hybridized carbons (Fsp3) is 0.417. The molecule has 0 saturated heterocycles. The zero-order valence-corrected chi connectivity index (χ0v) is 9.63. The number of hydrogen-bond donors (Lipinski definition) is 0. The van der Waals surface area contributed by atoms with E-state index >= 15 is 0 Å². The van der Waals surface area contributed by atoms with Crippen LogP contribution in [0, 0.1) is 17.6 Å². The quantitative estimate of drug-likeness (QED) is 0.777. The number of hydrogen-bond acceptors (Lipinski definition) is 1. The average molecular weight is 227 g/mol. The zero-order chi connectivity index (χ0) is 12.3. The van der Waals surface area contributed by atoms with Crippen molar-refractivity contribution in [3.63, 3.8) is 0 Å². The van der Waals surface area contributed by atoms with Crippen molar-refractivity contribution >= 4 is 5.91 Å². The first-order valence-corrected chi connectivity index (χ1v) is 5.10. The van der Waals surface area contributed by atoms with Gasteiger partial charge in [0.25, 0.3) is 0 Å². The van der Waals surface area contributed by atoms with Gasteiger partial charge in [-0.1, -0.05) is 19.9 Å². The summed E-state index contributed by atoms with van der Waals surface area (Å²) < 4.78 is 25.6. The Labute approximate surface area is 93.9 Å². The minimum Gasteiger partial charge on any atom is -0.341 e. The maximum atomic E-state index is 12.9. The summed E-state index contributed by atoms with van der Waals surface area (Å²) in [5, 5.41) is 0. The molecule has 1 rings (SSSR count). The van der Waals surface area contributed by atoms with Gasteiger partial charge in [0.05, 0.1) is 0 Å². The summed E-state index contributed by atoms with van der Waals surface area (Å²) >= 11 is 0. The molecule has 0 N–H and O–H groups in total. The van der Waals surface area contributed by atoms with Crippen LogP contribution in [0.3, 0.4) is 0 Å². The van der Waals surface area contributed by atoms with Crippen LogP contribution in [0.25, 0.3) is 0 Å². The highest BCUT2D eigenvalue weighted by Gasteiger charge is 2.13. The largest absolute Gasteiger partial charge is 0.341 e. The van der Waals surface area contributed by atoms with Crippen molar-refractivity contribution in [2.45, 2.75) is 20.4 Å². The molecule has 0 aliphatic heterocycles. The van der Waals surface area contributed by atoms with Crippen molar-refractivity contribution in [2.75, 3.05) is 7.05 Å². The van der Waals surface area contributed by atoms with E-state index in [1.807, 2.05) is 0 Å². The maximum absolute atomic E-state index is 12.9. The van der Waals surface area contributed by atoms with E-state index in [1.165, 1.54) is 11.0 Å². The van der Waals surface area contributed by atoms with Gasteiger partial charge in [0.2, 0.25) is 5.91 Å². The van der Waals surface area contributed by atoms with Gasteiger partial charge in [-0.05, 0) is 17.7 Å². The average Bonchev–Trinajstić information content (AvgIpc) is 2.22. The molecule has 0 saturated carbocycles. The van der Waals surface area contributed by atoms with Crippen LogP contribution in [0.5, 0.6) is 0 Å². The molecule has 0 heterocycles. The lowest BCUT2D eigenvalue weighted by Crippen LogP contribution is -2.29. The Morgan fingerprint density at radius 1 is 1.31 bits per heavy atom. The Morgan fingerprint density at radius 2 is 1.94 bits per heavy atom. The predicted molar refractivity (Wildman–Crippen MR) is 57.7 cm³/mol. The molecule has 2 nitrogen and oxygen atoms in total. The van der Waals surface area contributed by atoms with Crippen LogP contribution < -0.4 is 0 Å². The molecule has 1 amide bonds. The summed E-state index contributed by atoms with van der Waals surface area (Å²) in [6, 6.07) is 3.65. The Bertz CT molecular complexity index is 391. The number of nitrogens with zero attached hydrogens (tertiary/aromatic N) is 1. The first-order chi connectivity index (χ1) is 7.41. The van der Waals surface area contributed by atoms with E-state index in [9.17, 15) is 13.6 Å². The first-order valence-electron chi connectivity index (χ1n) is 5.10. The molecule has 0 radical (unpaired) electrons. The lowest BCUT2D eigenvalue weighted by molar-refractivity contribution is -0.133. The molecule has 0 aromatic heterocycles. The summed E-state index contributed by atoms with van der Waals surface area (Å²) in [4.78, 5) is 13.1. The van der Waals surface area contributed by atoms with E-state index in [1.54, 1.807) is 20.9 Å². The number of carbonyl (C=O) groups excluding carboxylic acids is 1. The fourth-order valence-corrected chi connectivity index (χ4v) is 1.43. The van der Waals surface area contributed by atoms with Crippen molar-refractivity contribution < 1.29 is 13.6 Å². The van der Waals surface area contributed by atoms with Crippen LogP contribution in [0.4, 0.5) is 8.78 Å². The van der Waals surface area contributed by atoms with Crippen molar-refractivity contribution in [3.05, 3.63) is 35.4 Å². The third-order valence-corrected chi connectivity index (χ3v) is 2.27. The Kier molecular flexibility index (Phi) is 3.99. The first kappa shape index (κ1) is 12.6. The summed E-state index contributed by atoms with van der Waals surface area (Å²) in [5.74, 6) is -1.88. The number of carbonyl (C=O) groups is 1. The van der Waals surface area contributed by atoms with Gasteiger partial charge < -0.3 is 4.90 Å². The minimum atomic E-state index is -0.886. The molecule has 0 atom stereocenters. The van der Waals surface area contributed by atoms with Crippen molar-refractivity contribution in [2.24, 2.45) is 5.92 Å². The lowest BCUT2D eigenvalue weighted by Gasteiger charge is -2.19. The zero-order valence-electron chi connectivity index (χ0n) is 9.63. The summed E-state index contributed by atoms with van der Waals surface area (Å²) in [7, 11) is 1.64. The third-order valence-electron chi connectivity index (χ3n) is 2.27. The molecule has 0 bridgehead atoms. The Morgan fingerprint density at radius 3 is 2.44 bits per heavy atom. The fourth-order valence-electron chi connectivity index (χ4n) is 1.43. The van der Waals surface area contributed by atoms with E-state index in [0.29, 0.717) is 5.56 Å². The van der Waals surface area contributed by atoms with Gasteiger partial charge in [-0.15, -0.1) is 0 Å². The normalized spacial score (nSPS) is 10.6. The van der Waals surface area contributed by atoms with E-state index in [4.69, 9.17) is 0 Å². The van der Waals surface area contributed by atoms with E-state index < -0.39 is 11.6 Å². The summed E-state index contributed by atoms with van der Waals surface area (Å²) in [6.45, 7) is 3.88. The van der Waals surface area contributed by atoms with E-state index in [2.05, 4.69) is 0 Å². The van der Waals surface area contributed by atoms with Gasteiger partial charge in [-0.2, -0.15) is 0 Å². The Hall–Kier alpha value is -1.45. The molecule has 1 aromatic carbocycles. The molecule has 88 valence electrons. The number of halogens is 2. The molecule has 0 aliphatic carbocycles. The van der Waals surface area contributed by atoms with Crippen LogP contribution in [-0.2, 0) is 11.3 Å². The molecule has 4 heteroatoms. The smallest absolute Gasteiger partial charge is 0.225 e. The summed E-state index contributed by atoms with van der Waals surface area (Å²) in [6.07, 6.45) is 0. The van der Waals surface area contributed by atoms with Crippen molar-refractivity contribution in [1.29, 1.82) is 0 Å². The lowest BCUT2D eigenvalue weighted by atomic mass is 10.1. The van der Waals surface area contributed by atoms with E-state index in [-0.39, 0.29) is 18.4 Å². The molecule has 1 aromatic rings. The van der Waals surface area contributed by atoms with Crippen LogP contribution in [-0.4, -0.2) is 17.9 Å². The third kappa shape index (κ3) is 3.02. The van der Waals surface area contributed by atoms with Gasteiger partial charge in [-0.25, -0.2) is 8.78 Å². The Balaban J connectivity index is 2.73. The minimum absolute atomic E-state index is 0.0234. The molecule has 16 heavy (non-hydrogen) atoms. The molecular weight excluding hydrogens is 212 g/mol. The van der Waals surface area contributed by atoms with Crippen LogP contribution in [0.15, 0.2) is 18.2 Å². The van der Waals surface area contributed by atoms with Crippen molar-refractivity contribution in [1.82, 2.24) is 4.90 Å². The maximum Gasteiger partial charge on any atom is 0.225 e. The van der Waals surface area contributed by atoms with Crippen LogP contribution in [0.1, 0.15) is 19.4 Å². The second kappa shape index (κ2) is 5.05. The predicted octanol–water partition coefficient (Wildman–Crippen LogP) is 2.58. The van der Waals surface area contributed by atoms with Gasteiger partial charge in [0.15, 0.2) is 11.6 Å². The monoisotopic (exact) mass is 227 g/mol. The number of amides is 1. The standard InChI is InChI=1S/C12H15F2NO/c1-8(2)12(16)15(3)7-9-4-5-10(13)11(14)6-9/h4-6,8H,7H2,1-3H3. The molecule has 0 fully saturated rings. The topological polar surface area (TPSA) is 20.3 Å². The van der Waals surface area contributed by atoms with Crippen molar-refractivity contribution in [3.8, 4) is 0 Å². The van der Waals surface area contributed by atoms with Gasteiger partial charge in [-0.3, -0.25) is 4.79 Å². The van der Waals surface area contributed by atoms with Crippen LogP contribution in [0.2, 0.25) is 0 Å². The highest BCUT2D eigenvalue weighted by molar-refractivity contribution is 5.77. The molecular formula is C12H15F2NO. The summed E-state index contributed by atoms with van der Waals surface area (Å²) in [5.41, 5.74) is 0.579. The van der Waals surface area contributed by atoms with Gasteiger partial charge >= 0.3 is 0 Å². The highest BCUT2D eigenvalue weighted by atomic mass is 19.2. The van der Waals surface area contributed by atoms with Gasteiger partial charge in [0, 0.05) is 19.5 Å². The molecule has 0 aliphatic rings. The van der Waals surface area contributed by atoms with E-state index in [0.717, 1.165) is 12.1 Å². The molecule has 0 spiro atoms. The second-order valence-corrected chi connectivity index (χ2v) is 4.10. The highest BCUT2D eigenvalue weighted by Crippen LogP contribution is 2.11.